The second-order valence-electron chi connectivity index (χ2n) is 4.57. The van der Waals surface area contributed by atoms with Crippen LogP contribution in [0.2, 0.25) is 5.02 Å². The molecule has 6 heteroatoms. The molecule has 3 nitrogen and oxygen atoms in total. The van der Waals surface area contributed by atoms with Gasteiger partial charge in [0.25, 0.3) is 5.91 Å². The minimum absolute atomic E-state index is 0.265. The van der Waals surface area contributed by atoms with Gasteiger partial charge in [0.1, 0.15) is 0 Å². The molecule has 0 aliphatic carbocycles. The van der Waals surface area contributed by atoms with Gasteiger partial charge in [-0.3, -0.25) is 10.1 Å². The highest BCUT2D eigenvalue weighted by Crippen LogP contribution is 2.19. The molecule has 0 unspecified atom stereocenters. The fraction of sp³-hybridized carbons (Fsp3) is 0.125. The van der Waals surface area contributed by atoms with Crippen molar-refractivity contribution in [3.8, 4) is 0 Å². The molecule has 2 aromatic rings. The molecule has 0 aliphatic heterocycles. The first-order valence-electron chi connectivity index (χ1n) is 6.66. The second-order valence-corrected chi connectivity index (χ2v) is 6.66. The van der Waals surface area contributed by atoms with Crippen LogP contribution in [0, 0.1) is 3.57 Å². The molecule has 114 valence electrons. The van der Waals surface area contributed by atoms with Crippen LogP contribution < -0.4 is 10.6 Å². The lowest BCUT2D eigenvalue weighted by Gasteiger charge is -2.13. The van der Waals surface area contributed by atoms with Crippen molar-refractivity contribution >= 4 is 63.1 Å². The van der Waals surface area contributed by atoms with Gasteiger partial charge in [-0.2, -0.15) is 0 Å². The summed E-state index contributed by atoms with van der Waals surface area (Å²) in [5, 5.41) is 6.50. The molecule has 2 aromatic carbocycles. The molecule has 22 heavy (non-hydrogen) atoms. The van der Waals surface area contributed by atoms with Crippen molar-refractivity contribution in [1.29, 1.82) is 0 Å². The number of carbonyl (C=O) groups is 1. The fourth-order valence-electron chi connectivity index (χ4n) is 1.94. The molecule has 0 saturated carbocycles. The predicted molar refractivity (Wildman–Crippen MR) is 104 cm³/mol. The Hall–Kier alpha value is -1.18. The van der Waals surface area contributed by atoms with E-state index in [0.717, 1.165) is 21.2 Å². The van der Waals surface area contributed by atoms with Gasteiger partial charge in [0.05, 0.1) is 0 Å². The van der Waals surface area contributed by atoms with Crippen molar-refractivity contribution in [2.75, 3.05) is 5.32 Å². The van der Waals surface area contributed by atoms with E-state index in [1.165, 1.54) is 0 Å². The molecule has 2 N–H and O–H groups in total. The monoisotopic (exact) mass is 444 g/mol. The molecule has 0 aliphatic rings. The third-order valence-corrected chi connectivity index (χ3v) is 4.12. The van der Waals surface area contributed by atoms with E-state index in [1.807, 2.05) is 12.1 Å². The summed E-state index contributed by atoms with van der Waals surface area (Å²) in [5.41, 5.74) is 2.51. The predicted octanol–water partition coefficient (Wildman–Crippen LogP) is 4.63. The number of nitrogens with one attached hydrogen (secondary N) is 2. The number of rotatable bonds is 3. The third kappa shape index (κ3) is 4.66. The zero-order valence-electron chi connectivity index (χ0n) is 11.8. The van der Waals surface area contributed by atoms with E-state index in [4.69, 9.17) is 23.8 Å². The highest BCUT2D eigenvalue weighted by molar-refractivity contribution is 14.1. The average Bonchev–Trinajstić information content (AvgIpc) is 2.49. The highest BCUT2D eigenvalue weighted by atomic mass is 127. The number of hydrogen-bond acceptors (Lipinski definition) is 2. The summed E-state index contributed by atoms with van der Waals surface area (Å²) in [6.07, 6.45) is 0.879. The topological polar surface area (TPSA) is 41.1 Å². The first kappa shape index (κ1) is 17.2. The summed E-state index contributed by atoms with van der Waals surface area (Å²) in [6.45, 7) is 2.07. The maximum absolute atomic E-state index is 12.1. The van der Waals surface area contributed by atoms with Crippen LogP contribution in [-0.4, -0.2) is 11.0 Å². The Morgan fingerprint density at radius 3 is 2.73 bits per heavy atom. The molecule has 0 fully saturated rings. The lowest BCUT2D eigenvalue weighted by atomic mass is 10.1. The minimum atomic E-state index is -0.288. The summed E-state index contributed by atoms with van der Waals surface area (Å²) in [5.74, 6) is -0.288. The number of amides is 1. The number of benzene rings is 2. The lowest BCUT2D eigenvalue weighted by molar-refractivity contribution is 0.0977. The number of aryl methyl sites for hydroxylation is 1. The molecule has 2 rings (SSSR count). The molecule has 0 radical (unpaired) electrons. The Morgan fingerprint density at radius 2 is 2.05 bits per heavy atom. The molecule has 0 heterocycles. The molecule has 0 atom stereocenters. The van der Waals surface area contributed by atoms with E-state index in [1.54, 1.807) is 24.3 Å². The first-order valence-corrected chi connectivity index (χ1v) is 8.52. The molecule has 0 aromatic heterocycles. The summed E-state index contributed by atoms with van der Waals surface area (Å²) in [6, 6.07) is 12.8. The Kier molecular flexibility index (Phi) is 6.16. The Morgan fingerprint density at radius 1 is 1.27 bits per heavy atom. The molecule has 0 bridgehead atoms. The lowest BCUT2D eigenvalue weighted by Crippen LogP contribution is -2.34. The van der Waals surface area contributed by atoms with Crippen molar-refractivity contribution in [2.24, 2.45) is 0 Å². The summed E-state index contributed by atoms with van der Waals surface area (Å²) >= 11 is 13.4. The largest absolute Gasteiger partial charge is 0.332 e. The van der Waals surface area contributed by atoms with Crippen LogP contribution in [0.5, 0.6) is 0 Å². The van der Waals surface area contributed by atoms with Gasteiger partial charge in [-0.15, -0.1) is 0 Å². The van der Waals surface area contributed by atoms with Gasteiger partial charge in [0, 0.05) is 19.8 Å². The number of hydrogen-bond donors (Lipinski definition) is 2. The Labute approximate surface area is 153 Å². The van der Waals surface area contributed by atoms with E-state index < -0.39 is 0 Å². The van der Waals surface area contributed by atoms with Gasteiger partial charge in [-0.1, -0.05) is 24.6 Å². The van der Waals surface area contributed by atoms with Crippen molar-refractivity contribution in [2.45, 2.75) is 13.3 Å². The van der Waals surface area contributed by atoms with Crippen LogP contribution in [0.1, 0.15) is 22.8 Å². The fourth-order valence-corrected chi connectivity index (χ4v) is 2.88. The maximum atomic E-state index is 12.1. The van der Waals surface area contributed by atoms with Crippen LogP contribution in [0.15, 0.2) is 42.5 Å². The quantitative estimate of drug-likeness (QED) is 0.535. The average molecular weight is 445 g/mol. The van der Waals surface area contributed by atoms with Crippen molar-refractivity contribution < 1.29 is 4.79 Å². The van der Waals surface area contributed by atoms with E-state index >= 15 is 0 Å². The molecular weight excluding hydrogens is 431 g/mol. The molecule has 0 spiro atoms. The van der Waals surface area contributed by atoms with Crippen LogP contribution in [0.3, 0.4) is 0 Å². The number of carbonyl (C=O) groups excluding carboxylic acids is 1. The van der Waals surface area contributed by atoms with Gasteiger partial charge in [-0.25, -0.2) is 0 Å². The van der Waals surface area contributed by atoms with Crippen molar-refractivity contribution in [3.05, 3.63) is 62.2 Å². The van der Waals surface area contributed by atoms with Gasteiger partial charge < -0.3 is 5.32 Å². The molecule has 1 amide bonds. The van der Waals surface area contributed by atoms with Gasteiger partial charge in [-0.05, 0) is 83.2 Å². The summed E-state index contributed by atoms with van der Waals surface area (Å²) < 4.78 is 1.16. The smallest absolute Gasteiger partial charge is 0.257 e. The number of anilines is 1. The first-order chi connectivity index (χ1) is 10.5. The number of thiocarbonyl (C=S) groups is 1. The van der Waals surface area contributed by atoms with Crippen molar-refractivity contribution in [3.63, 3.8) is 0 Å². The zero-order chi connectivity index (χ0) is 16.1. The second kappa shape index (κ2) is 7.89. The van der Waals surface area contributed by atoms with E-state index in [0.29, 0.717) is 10.6 Å². The van der Waals surface area contributed by atoms with Crippen LogP contribution in [0.25, 0.3) is 0 Å². The van der Waals surface area contributed by atoms with Crippen LogP contribution >= 0.6 is 46.4 Å². The van der Waals surface area contributed by atoms with Gasteiger partial charge in [0.15, 0.2) is 5.11 Å². The van der Waals surface area contributed by atoms with Crippen molar-refractivity contribution in [1.82, 2.24) is 5.32 Å². The standard InChI is InChI=1S/C16H14ClIN2OS/c1-2-10-9-13(18)6-7-14(10)19-16(22)20-15(21)11-4-3-5-12(17)8-11/h3-9H,2H2,1H3,(H2,19,20,21,22). The number of halogens is 2. The maximum Gasteiger partial charge on any atom is 0.257 e. The van der Waals surface area contributed by atoms with Gasteiger partial charge in [0.2, 0.25) is 0 Å². The SMILES string of the molecule is CCc1cc(I)ccc1NC(=S)NC(=O)c1cccc(Cl)c1. The Bertz CT molecular complexity index is 721. The van der Waals surface area contributed by atoms with Gasteiger partial charge >= 0.3 is 0 Å². The van der Waals surface area contributed by atoms with Crippen LogP contribution in [-0.2, 0) is 6.42 Å². The normalized spacial score (nSPS) is 10.1. The third-order valence-electron chi connectivity index (χ3n) is 3.01. The van der Waals surface area contributed by atoms with E-state index in [-0.39, 0.29) is 11.0 Å². The van der Waals surface area contributed by atoms with E-state index in [9.17, 15) is 4.79 Å². The summed E-state index contributed by atoms with van der Waals surface area (Å²) in [4.78, 5) is 12.1. The minimum Gasteiger partial charge on any atom is -0.332 e. The summed E-state index contributed by atoms with van der Waals surface area (Å²) in [7, 11) is 0. The molecule has 0 saturated heterocycles. The zero-order valence-corrected chi connectivity index (χ0v) is 15.6. The van der Waals surface area contributed by atoms with E-state index in [2.05, 4.69) is 46.2 Å². The molecular formula is C16H14ClIN2OS. The Balaban J connectivity index is 2.06. The highest BCUT2D eigenvalue weighted by Gasteiger charge is 2.09. The van der Waals surface area contributed by atoms with Crippen LogP contribution in [0.4, 0.5) is 5.69 Å².